The predicted octanol–water partition coefficient (Wildman–Crippen LogP) is -1.09. The van der Waals surface area contributed by atoms with E-state index in [0.29, 0.717) is 19.6 Å². The van der Waals surface area contributed by atoms with E-state index in [1.807, 2.05) is 0 Å². The third-order valence-corrected chi connectivity index (χ3v) is 6.93. The molecule has 136 valence electrons. The average Bonchev–Trinajstić information content (AvgIpc) is 3.18. The van der Waals surface area contributed by atoms with Crippen LogP contribution in [0, 0.1) is 5.92 Å². The molecule has 2 atom stereocenters. The lowest BCUT2D eigenvalue weighted by atomic mass is 10.0. The van der Waals surface area contributed by atoms with Crippen LogP contribution in [0.5, 0.6) is 0 Å². The van der Waals surface area contributed by atoms with E-state index in [1.54, 1.807) is 20.8 Å². The minimum Gasteiger partial charge on any atom is -0.335 e. The van der Waals surface area contributed by atoms with Gasteiger partial charge in [0.2, 0.25) is 11.8 Å². The molecule has 4 rings (SSSR count). The lowest BCUT2D eigenvalue weighted by molar-refractivity contribution is -0.146. The summed E-state index contributed by atoms with van der Waals surface area (Å²) < 4.78 is 25.9. The van der Waals surface area contributed by atoms with Crippen LogP contribution in [0.4, 0.5) is 0 Å². The van der Waals surface area contributed by atoms with E-state index in [2.05, 4.69) is 10.1 Å². The van der Waals surface area contributed by atoms with Crippen LogP contribution in [0.3, 0.4) is 0 Å². The van der Waals surface area contributed by atoms with Gasteiger partial charge in [0.15, 0.2) is 9.84 Å². The molecular formula is C15H21N5O4S. The molecule has 1 saturated carbocycles. The van der Waals surface area contributed by atoms with Gasteiger partial charge in [-0.25, -0.2) is 13.4 Å². The van der Waals surface area contributed by atoms with Gasteiger partial charge in [0, 0.05) is 25.4 Å². The molecule has 0 radical (unpaired) electrons. The number of hydrogen-bond donors (Lipinski definition) is 0. The highest BCUT2D eigenvalue weighted by Crippen LogP contribution is 2.35. The van der Waals surface area contributed by atoms with E-state index in [9.17, 15) is 18.0 Å². The number of carbonyl (C=O) groups is 2. The summed E-state index contributed by atoms with van der Waals surface area (Å²) in [4.78, 5) is 32.3. The lowest BCUT2D eigenvalue weighted by Gasteiger charge is -2.44. The molecule has 1 aromatic heterocycles. The number of piperazine rings is 1. The second kappa shape index (κ2) is 6.08. The Bertz CT molecular complexity index is 774. The second-order valence-corrected chi connectivity index (χ2v) is 9.17. The molecule has 2 amide bonds. The van der Waals surface area contributed by atoms with E-state index >= 15 is 0 Å². The van der Waals surface area contributed by atoms with Gasteiger partial charge in [0.25, 0.3) is 0 Å². The molecule has 0 unspecified atom stereocenters. The number of amides is 2. The Kier molecular flexibility index (Phi) is 4.01. The minimum absolute atomic E-state index is 0.0387. The largest absolute Gasteiger partial charge is 0.335 e. The van der Waals surface area contributed by atoms with Crippen LogP contribution >= 0.6 is 0 Å². The maximum Gasteiger partial charge on any atom is 0.226 e. The molecular weight excluding hydrogens is 346 g/mol. The highest BCUT2D eigenvalue weighted by Gasteiger charge is 2.50. The third-order valence-electron chi connectivity index (χ3n) is 5.23. The lowest BCUT2D eigenvalue weighted by Crippen LogP contribution is -2.62. The van der Waals surface area contributed by atoms with Gasteiger partial charge >= 0.3 is 0 Å². The van der Waals surface area contributed by atoms with Crippen molar-refractivity contribution in [3.63, 3.8) is 0 Å². The highest BCUT2D eigenvalue weighted by molar-refractivity contribution is 7.91. The Balaban J connectivity index is 1.48. The van der Waals surface area contributed by atoms with Gasteiger partial charge in [0.05, 0.1) is 30.1 Å². The number of nitrogens with zero attached hydrogens (tertiary/aromatic N) is 5. The first-order valence-corrected chi connectivity index (χ1v) is 10.4. The molecule has 2 aliphatic heterocycles. The molecule has 9 nitrogen and oxygen atoms in total. The van der Waals surface area contributed by atoms with Gasteiger partial charge in [-0.1, -0.05) is 0 Å². The highest BCUT2D eigenvalue weighted by atomic mass is 32.2. The molecule has 10 heteroatoms. The number of sulfone groups is 1. The molecule has 1 aromatic rings. The smallest absolute Gasteiger partial charge is 0.226 e. The zero-order valence-electron chi connectivity index (χ0n) is 13.8. The van der Waals surface area contributed by atoms with Crippen molar-refractivity contribution in [2.75, 3.05) is 24.6 Å². The Labute approximate surface area is 145 Å². The van der Waals surface area contributed by atoms with Gasteiger partial charge in [-0.2, -0.15) is 5.10 Å². The van der Waals surface area contributed by atoms with E-state index in [-0.39, 0.29) is 35.7 Å². The van der Waals surface area contributed by atoms with Gasteiger partial charge in [-0.05, 0) is 12.8 Å². The molecule has 1 aliphatic carbocycles. The maximum absolute atomic E-state index is 12.6. The minimum atomic E-state index is -3.24. The van der Waals surface area contributed by atoms with Gasteiger partial charge < -0.3 is 9.80 Å². The summed E-state index contributed by atoms with van der Waals surface area (Å²) in [6, 6.07) is -0.827. The number of hydrogen-bond acceptors (Lipinski definition) is 6. The Hall–Kier alpha value is -1.97. The molecule has 3 heterocycles. The molecule has 0 aromatic carbocycles. The molecule has 0 bridgehead atoms. The van der Waals surface area contributed by atoms with Crippen molar-refractivity contribution in [1.29, 1.82) is 0 Å². The first kappa shape index (κ1) is 16.5. The molecule has 25 heavy (non-hydrogen) atoms. The SMILES string of the molecule is O=C(C1CC1)N1CCN(C(=O)CCn2cncn2)[C@H]2CS(=O)(=O)C[C@H]21. The van der Waals surface area contributed by atoms with Crippen LogP contribution in [0.2, 0.25) is 0 Å². The summed E-state index contributed by atoms with van der Waals surface area (Å²) >= 11 is 0. The summed E-state index contributed by atoms with van der Waals surface area (Å²) in [5.41, 5.74) is 0. The third kappa shape index (κ3) is 3.26. The average molecular weight is 367 g/mol. The molecule has 0 N–H and O–H groups in total. The van der Waals surface area contributed by atoms with E-state index in [1.165, 1.54) is 6.33 Å². The Morgan fingerprint density at radius 2 is 1.76 bits per heavy atom. The molecule has 3 fully saturated rings. The van der Waals surface area contributed by atoms with Crippen LogP contribution in [0.1, 0.15) is 19.3 Å². The second-order valence-electron chi connectivity index (χ2n) is 7.01. The van der Waals surface area contributed by atoms with Crippen molar-refractivity contribution in [1.82, 2.24) is 24.6 Å². The summed E-state index contributed by atoms with van der Waals surface area (Å²) in [5, 5.41) is 3.97. The van der Waals surface area contributed by atoms with Crippen LogP contribution in [-0.4, -0.2) is 81.5 Å². The fraction of sp³-hybridized carbons (Fsp3) is 0.733. The number of carbonyl (C=O) groups excluding carboxylic acids is 2. The van der Waals surface area contributed by atoms with Crippen LogP contribution < -0.4 is 0 Å². The predicted molar refractivity (Wildman–Crippen MR) is 87.0 cm³/mol. The maximum atomic E-state index is 12.6. The number of fused-ring (bicyclic) bond motifs is 1. The number of aromatic nitrogens is 3. The topological polar surface area (TPSA) is 105 Å². The summed E-state index contributed by atoms with van der Waals surface area (Å²) in [5.74, 6) is -0.0779. The number of aryl methyl sites for hydroxylation is 1. The van der Waals surface area contributed by atoms with Gasteiger partial charge in [0.1, 0.15) is 12.7 Å². The summed E-state index contributed by atoms with van der Waals surface area (Å²) in [7, 11) is -3.24. The fourth-order valence-electron chi connectivity index (χ4n) is 3.80. The molecule has 3 aliphatic rings. The normalized spacial score (nSPS) is 28.0. The standard InChI is InChI=1S/C15H21N5O4S/c21-14(3-4-18-10-16-9-17-18)19-5-6-20(15(22)11-1-2-11)13-8-25(23,24)7-12(13)19/h9-13H,1-8H2/t12-,13+/m0/s1. The van der Waals surface area contributed by atoms with E-state index < -0.39 is 21.9 Å². The monoisotopic (exact) mass is 367 g/mol. The van der Waals surface area contributed by atoms with Crippen molar-refractivity contribution in [3.8, 4) is 0 Å². The molecule has 2 saturated heterocycles. The van der Waals surface area contributed by atoms with Gasteiger partial charge in [-0.3, -0.25) is 14.3 Å². The summed E-state index contributed by atoms with van der Waals surface area (Å²) in [6.45, 7) is 1.22. The summed E-state index contributed by atoms with van der Waals surface area (Å²) in [6.07, 6.45) is 4.97. The zero-order valence-corrected chi connectivity index (χ0v) is 14.6. The van der Waals surface area contributed by atoms with E-state index in [4.69, 9.17) is 0 Å². The molecule has 0 spiro atoms. The van der Waals surface area contributed by atoms with Crippen molar-refractivity contribution in [3.05, 3.63) is 12.7 Å². The quantitative estimate of drug-likeness (QED) is 0.670. The van der Waals surface area contributed by atoms with Crippen molar-refractivity contribution in [2.45, 2.75) is 37.9 Å². The van der Waals surface area contributed by atoms with Crippen LogP contribution in [-0.2, 0) is 26.0 Å². The Morgan fingerprint density at radius 1 is 1.08 bits per heavy atom. The van der Waals surface area contributed by atoms with Crippen molar-refractivity contribution >= 4 is 21.7 Å². The first-order chi connectivity index (χ1) is 11.9. The van der Waals surface area contributed by atoms with Crippen LogP contribution in [0.15, 0.2) is 12.7 Å². The first-order valence-electron chi connectivity index (χ1n) is 8.57. The zero-order chi connectivity index (χ0) is 17.6. The Morgan fingerprint density at radius 3 is 2.40 bits per heavy atom. The van der Waals surface area contributed by atoms with Crippen LogP contribution in [0.25, 0.3) is 0 Å². The van der Waals surface area contributed by atoms with Crippen molar-refractivity contribution < 1.29 is 18.0 Å². The fourth-order valence-corrected chi connectivity index (χ4v) is 5.78. The van der Waals surface area contributed by atoms with Gasteiger partial charge in [-0.15, -0.1) is 0 Å². The van der Waals surface area contributed by atoms with Crippen molar-refractivity contribution in [2.24, 2.45) is 5.92 Å². The number of rotatable bonds is 4. The van der Waals surface area contributed by atoms with E-state index in [0.717, 1.165) is 12.8 Å².